The lowest BCUT2D eigenvalue weighted by atomic mass is 10.00. The summed E-state index contributed by atoms with van der Waals surface area (Å²) < 4.78 is 10.8. The molecule has 0 radical (unpaired) electrons. The second-order valence-corrected chi connectivity index (χ2v) is 5.36. The summed E-state index contributed by atoms with van der Waals surface area (Å²) in [6.07, 6.45) is 7.16. The molecule has 19 heavy (non-hydrogen) atoms. The molecule has 1 fully saturated rings. The highest BCUT2D eigenvalue weighted by Crippen LogP contribution is 2.19. The van der Waals surface area contributed by atoms with Crippen LogP contribution in [0.5, 0.6) is 5.75 Å². The Morgan fingerprint density at radius 3 is 2.74 bits per heavy atom. The summed E-state index contributed by atoms with van der Waals surface area (Å²) in [5, 5.41) is 0. The second-order valence-electron chi connectivity index (χ2n) is 5.36. The summed E-state index contributed by atoms with van der Waals surface area (Å²) in [6, 6.07) is 8.53. The number of benzene rings is 1. The predicted octanol–water partition coefficient (Wildman–Crippen LogP) is 2.91. The normalized spacial score (nSPS) is 20.4. The number of nitrogens with two attached hydrogens (primary N) is 1. The number of rotatable bonds is 7. The Bertz CT molecular complexity index is 358. The van der Waals surface area contributed by atoms with Gasteiger partial charge in [0.2, 0.25) is 0 Å². The SMILES string of the molecule is COc1ccc(CCC(N)CCC2CCCO2)cc1. The first-order chi connectivity index (χ1) is 9.28. The molecule has 2 rings (SSSR count). The average Bonchev–Trinajstić information content (AvgIpc) is 2.96. The fourth-order valence-electron chi connectivity index (χ4n) is 2.56. The number of hydrogen-bond donors (Lipinski definition) is 1. The zero-order chi connectivity index (χ0) is 13.5. The molecule has 2 unspecified atom stereocenters. The summed E-state index contributed by atoms with van der Waals surface area (Å²) in [6.45, 7) is 0.936. The van der Waals surface area contributed by atoms with Crippen LogP contribution in [0, 0.1) is 0 Å². The molecule has 0 aromatic heterocycles. The number of aryl methyl sites for hydroxylation is 1. The first-order valence-corrected chi connectivity index (χ1v) is 7.28. The topological polar surface area (TPSA) is 44.5 Å². The lowest BCUT2D eigenvalue weighted by molar-refractivity contribution is 0.100. The Balaban J connectivity index is 1.65. The van der Waals surface area contributed by atoms with Crippen molar-refractivity contribution in [2.45, 2.75) is 50.7 Å². The maximum Gasteiger partial charge on any atom is 0.118 e. The summed E-state index contributed by atoms with van der Waals surface area (Å²) >= 11 is 0. The molecule has 1 saturated heterocycles. The Labute approximate surface area is 116 Å². The van der Waals surface area contributed by atoms with E-state index in [9.17, 15) is 0 Å². The van der Waals surface area contributed by atoms with Gasteiger partial charge in [0.15, 0.2) is 0 Å². The van der Waals surface area contributed by atoms with Crippen LogP contribution in [0.15, 0.2) is 24.3 Å². The number of hydrogen-bond acceptors (Lipinski definition) is 3. The summed E-state index contributed by atoms with van der Waals surface area (Å²) in [5.74, 6) is 0.909. The molecule has 1 aliphatic heterocycles. The van der Waals surface area contributed by atoms with E-state index in [1.165, 1.54) is 18.4 Å². The number of methoxy groups -OCH3 is 1. The van der Waals surface area contributed by atoms with Crippen LogP contribution >= 0.6 is 0 Å². The van der Waals surface area contributed by atoms with Gasteiger partial charge < -0.3 is 15.2 Å². The van der Waals surface area contributed by atoms with E-state index in [1.807, 2.05) is 12.1 Å². The predicted molar refractivity (Wildman–Crippen MR) is 77.5 cm³/mol. The van der Waals surface area contributed by atoms with Gasteiger partial charge in [-0.2, -0.15) is 0 Å². The van der Waals surface area contributed by atoms with Crippen LogP contribution in [0.1, 0.15) is 37.7 Å². The molecule has 0 aliphatic carbocycles. The summed E-state index contributed by atoms with van der Waals surface area (Å²) in [4.78, 5) is 0. The van der Waals surface area contributed by atoms with Gasteiger partial charge in [-0.05, 0) is 56.2 Å². The zero-order valence-corrected chi connectivity index (χ0v) is 11.8. The van der Waals surface area contributed by atoms with E-state index in [1.54, 1.807) is 7.11 Å². The van der Waals surface area contributed by atoms with Crippen molar-refractivity contribution in [1.29, 1.82) is 0 Å². The zero-order valence-electron chi connectivity index (χ0n) is 11.8. The van der Waals surface area contributed by atoms with Gasteiger partial charge in [-0.25, -0.2) is 0 Å². The fourth-order valence-corrected chi connectivity index (χ4v) is 2.56. The fraction of sp³-hybridized carbons (Fsp3) is 0.625. The van der Waals surface area contributed by atoms with Crippen LogP contribution in [0.4, 0.5) is 0 Å². The first-order valence-electron chi connectivity index (χ1n) is 7.28. The van der Waals surface area contributed by atoms with Crippen LogP contribution in [0.3, 0.4) is 0 Å². The van der Waals surface area contributed by atoms with Gasteiger partial charge in [0.25, 0.3) is 0 Å². The van der Waals surface area contributed by atoms with Crippen LogP contribution in [-0.2, 0) is 11.2 Å². The average molecular weight is 263 g/mol. The smallest absolute Gasteiger partial charge is 0.118 e. The summed E-state index contributed by atoms with van der Waals surface area (Å²) in [7, 11) is 1.69. The molecule has 0 spiro atoms. The molecule has 0 bridgehead atoms. The van der Waals surface area contributed by atoms with Crippen LogP contribution in [-0.4, -0.2) is 25.9 Å². The maximum atomic E-state index is 6.18. The van der Waals surface area contributed by atoms with Gasteiger partial charge in [0.05, 0.1) is 13.2 Å². The van der Waals surface area contributed by atoms with Gasteiger partial charge in [-0.3, -0.25) is 0 Å². The Hall–Kier alpha value is -1.06. The molecule has 1 aromatic rings. The molecule has 1 heterocycles. The highest BCUT2D eigenvalue weighted by atomic mass is 16.5. The van der Waals surface area contributed by atoms with Crippen molar-refractivity contribution in [3.05, 3.63) is 29.8 Å². The Morgan fingerprint density at radius 2 is 2.11 bits per heavy atom. The monoisotopic (exact) mass is 263 g/mol. The van der Waals surface area contributed by atoms with E-state index in [0.717, 1.165) is 38.0 Å². The van der Waals surface area contributed by atoms with E-state index in [2.05, 4.69) is 12.1 Å². The largest absolute Gasteiger partial charge is 0.497 e. The molecular formula is C16H25NO2. The lowest BCUT2D eigenvalue weighted by Gasteiger charge is -2.14. The molecule has 0 amide bonds. The van der Waals surface area contributed by atoms with Gasteiger partial charge in [0.1, 0.15) is 5.75 Å². The van der Waals surface area contributed by atoms with Gasteiger partial charge in [0, 0.05) is 12.6 Å². The molecule has 1 aromatic carbocycles. The molecular weight excluding hydrogens is 238 g/mol. The molecule has 1 aliphatic rings. The van der Waals surface area contributed by atoms with Crippen molar-refractivity contribution in [1.82, 2.24) is 0 Å². The van der Waals surface area contributed by atoms with Crippen LogP contribution in [0.25, 0.3) is 0 Å². The molecule has 3 nitrogen and oxygen atoms in total. The molecule has 3 heteroatoms. The quantitative estimate of drug-likeness (QED) is 0.822. The third-order valence-corrected chi connectivity index (χ3v) is 3.85. The van der Waals surface area contributed by atoms with E-state index in [-0.39, 0.29) is 6.04 Å². The minimum absolute atomic E-state index is 0.284. The first kappa shape index (κ1) is 14.4. The van der Waals surface area contributed by atoms with Gasteiger partial charge in [-0.1, -0.05) is 12.1 Å². The van der Waals surface area contributed by atoms with Gasteiger partial charge in [-0.15, -0.1) is 0 Å². The van der Waals surface area contributed by atoms with E-state index >= 15 is 0 Å². The van der Waals surface area contributed by atoms with Crippen molar-refractivity contribution >= 4 is 0 Å². The van der Waals surface area contributed by atoms with Crippen molar-refractivity contribution in [3.8, 4) is 5.75 Å². The van der Waals surface area contributed by atoms with Crippen molar-refractivity contribution in [2.24, 2.45) is 5.73 Å². The van der Waals surface area contributed by atoms with E-state index in [4.69, 9.17) is 15.2 Å². The molecule has 2 atom stereocenters. The van der Waals surface area contributed by atoms with Crippen LogP contribution < -0.4 is 10.5 Å². The molecule has 106 valence electrons. The van der Waals surface area contributed by atoms with E-state index < -0.39 is 0 Å². The molecule has 2 N–H and O–H groups in total. The summed E-state index contributed by atoms with van der Waals surface area (Å²) in [5.41, 5.74) is 7.50. The third-order valence-electron chi connectivity index (χ3n) is 3.85. The van der Waals surface area contributed by atoms with Gasteiger partial charge >= 0.3 is 0 Å². The number of ether oxygens (including phenoxy) is 2. The van der Waals surface area contributed by atoms with Crippen LogP contribution in [0.2, 0.25) is 0 Å². The Morgan fingerprint density at radius 1 is 1.32 bits per heavy atom. The maximum absolute atomic E-state index is 6.18. The Kier molecular flexibility index (Phi) is 5.67. The van der Waals surface area contributed by atoms with Crippen molar-refractivity contribution in [3.63, 3.8) is 0 Å². The molecule has 0 saturated carbocycles. The highest BCUT2D eigenvalue weighted by Gasteiger charge is 2.16. The minimum Gasteiger partial charge on any atom is -0.497 e. The van der Waals surface area contributed by atoms with E-state index in [0.29, 0.717) is 6.10 Å². The third kappa shape index (κ3) is 4.84. The standard InChI is InChI=1S/C16H25NO2/c1-18-15-9-5-13(6-10-15)4-7-14(17)8-11-16-3-2-12-19-16/h5-6,9-10,14,16H,2-4,7-8,11-12,17H2,1H3. The van der Waals surface area contributed by atoms with Crippen molar-refractivity contribution in [2.75, 3.05) is 13.7 Å². The highest BCUT2D eigenvalue weighted by molar-refractivity contribution is 5.27. The minimum atomic E-state index is 0.284. The van der Waals surface area contributed by atoms with Crippen molar-refractivity contribution < 1.29 is 9.47 Å². The second kappa shape index (κ2) is 7.51. The lowest BCUT2D eigenvalue weighted by Crippen LogP contribution is -2.22.